The monoisotopic (exact) mass is 328 g/mol. The van der Waals surface area contributed by atoms with Crippen LogP contribution in [-0.4, -0.2) is 41.6 Å². The van der Waals surface area contributed by atoms with Crippen molar-refractivity contribution in [2.75, 3.05) is 13.1 Å². The summed E-state index contributed by atoms with van der Waals surface area (Å²) in [5, 5.41) is 2.85. The Hall–Kier alpha value is -2.01. The fraction of sp³-hybridized carbons (Fsp3) is 0.526. The maximum atomic E-state index is 12.7. The van der Waals surface area contributed by atoms with Gasteiger partial charge >= 0.3 is 0 Å². The van der Waals surface area contributed by atoms with Crippen LogP contribution in [0, 0.1) is 5.92 Å². The van der Waals surface area contributed by atoms with E-state index in [-0.39, 0.29) is 30.1 Å². The molecule has 1 N–H and O–H groups in total. The predicted octanol–water partition coefficient (Wildman–Crippen LogP) is 1.71. The zero-order valence-corrected chi connectivity index (χ0v) is 13.9. The van der Waals surface area contributed by atoms with Crippen LogP contribution in [0.15, 0.2) is 30.3 Å². The maximum absolute atomic E-state index is 12.7. The van der Waals surface area contributed by atoms with E-state index in [9.17, 15) is 14.4 Å². The third-order valence-electron chi connectivity index (χ3n) is 5.03. The Kier molecular flexibility index (Phi) is 5.41. The van der Waals surface area contributed by atoms with Crippen molar-refractivity contribution in [2.24, 2.45) is 5.92 Å². The van der Waals surface area contributed by atoms with Crippen molar-refractivity contribution in [3.05, 3.63) is 35.9 Å². The predicted molar refractivity (Wildman–Crippen MR) is 90.2 cm³/mol. The van der Waals surface area contributed by atoms with Gasteiger partial charge in [-0.3, -0.25) is 24.6 Å². The minimum atomic E-state index is -0.846. The SMILES string of the molecule is O=C(C1CCCCC1)C1NCC(=O)N(CCc2ccccc2)C1=O. The van der Waals surface area contributed by atoms with Gasteiger partial charge in [-0.25, -0.2) is 0 Å². The van der Waals surface area contributed by atoms with E-state index in [0.717, 1.165) is 37.7 Å². The van der Waals surface area contributed by atoms with Crippen molar-refractivity contribution in [1.82, 2.24) is 10.2 Å². The number of Topliss-reactive ketones (excluding diaryl/α,β-unsaturated/α-hetero) is 1. The Morgan fingerprint density at radius 3 is 2.50 bits per heavy atom. The molecule has 1 unspecified atom stereocenters. The number of piperazine rings is 1. The molecule has 1 aromatic rings. The molecule has 0 radical (unpaired) electrons. The summed E-state index contributed by atoms with van der Waals surface area (Å²) in [4.78, 5) is 38.7. The van der Waals surface area contributed by atoms with Gasteiger partial charge in [-0.05, 0) is 24.8 Å². The lowest BCUT2D eigenvalue weighted by Gasteiger charge is -2.33. The number of ketones is 1. The van der Waals surface area contributed by atoms with Gasteiger partial charge in [0, 0.05) is 12.5 Å². The Bertz CT molecular complexity index is 608. The average Bonchev–Trinajstić information content (AvgIpc) is 2.63. The van der Waals surface area contributed by atoms with Crippen LogP contribution in [0.5, 0.6) is 0 Å². The van der Waals surface area contributed by atoms with Crippen molar-refractivity contribution >= 4 is 17.6 Å². The van der Waals surface area contributed by atoms with Gasteiger partial charge in [0.2, 0.25) is 5.91 Å². The molecule has 128 valence electrons. The van der Waals surface area contributed by atoms with Gasteiger partial charge < -0.3 is 0 Å². The van der Waals surface area contributed by atoms with Crippen LogP contribution in [0.2, 0.25) is 0 Å². The number of nitrogens with zero attached hydrogens (tertiary/aromatic N) is 1. The van der Waals surface area contributed by atoms with Crippen LogP contribution in [0.3, 0.4) is 0 Å². The highest BCUT2D eigenvalue weighted by atomic mass is 16.2. The van der Waals surface area contributed by atoms with Crippen LogP contribution in [0.4, 0.5) is 0 Å². The standard InChI is InChI=1S/C19H24N2O3/c22-16-13-20-17(18(23)15-9-5-2-6-10-15)19(24)21(16)12-11-14-7-3-1-4-8-14/h1,3-4,7-8,15,17,20H,2,5-6,9-13H2. The number of carbonyl (C=O) groups excluding carboxylic acids is 3. The average molecular weight is 328 g/mol. The highest BCUT2D eigenvalue weighted by molar-refractivity contribution is 6.13. The third-order valence-corrected chi connectivity index (χ3v) is 5.03. The largest absolute Gasteiger partial charge is 0.297 e. The topological polar surface area (TPSA) is 66.5 Å². The number of benzene rings is 1. The van der Waals surface area contributed by atoms with E-state index < -0.39 is 6.04 Å². The minimum Gasteiger partial charge on any atom is -0.297 e. The summed E-state index contributed by atoms with van der Waals surface area (Å²) in [6, 6.07) is 8.91. The number of rotatable bonds is 5. The molecule has 1 aliphatic carbocycles. The highest BCUT2D eigenvalue weighted by Gasteiger charge is 2.40. The second kappa shape index (κ2) is 7.71. The van der Waals surface area contributed by atoms with E-state index in [1.54, 1.807) is 0 Å². The molecule has 1 aliphatic heterocycles. The van der Waals surface area contributed by atoms with Crippen molar-refractivity contribution in [2.45, 2.75) is 44.6 Å². The Labute approximate surface area is 142 Å². The molecule has 1 saturated heterocycles. The van der Waals surface area contributed by atoms with E-state index >= 15 is 0 Å². The smallest absolute Gasteiger partial charge is 0.254 e. The summed E-state index contributed by atoms with van der Waals surface area (Å²) in [6.07, 6.45) is 5.60. The highest BCUT2D eigenvalue weighted by Crippen LogP contribution is 2.26. The molecule has 1 atom stereocenters. The van der Waals surface area contributed by atoms with Gasteiger partial charge in [-0.2, -0.15) is 0 Å². The third kappa shape index (κ3) is 3.73. The van der Waals surface area contributed by atoms with Crippen LogP contribution in [0.1, 0.15) is 37.7 Å². The van der Waals surface area contributed by atoms with Gasteiger partial charge in [0.15, 0.2) is 5.78 Å². The quantitative estimate of drug-likeness (QED) is 0.660. The van der Waals surface area contributed by atoms with Gasteiger partial charge in [-0.15, -0.1) is 0 Å². The molecule has 2 aliphatic rings. The van der Waals surface area contributed by atoms with E-state index in [1.165, 1.54) is 4.90 Å². The van der Waals surface area contributed by atoms with E-state index in [1.807, 2.05) is 30.3 Å². The Morgan fingerprint density at radius 2 is 1.79 bits per heavy atom. The zero-order chi connectivity index (χ0) is 16.9. The van der Waals surface area contributed by atoms with E-state index in [2.05, 4.69) is 5.32 Å². The first-order valence-electron chi connectivity index (χ1n) is 8.82. The van der Waals surface area contributed by atoms with Crippen molar-refractivity contribution in [3.8, 4) is 0 Å². The van der Waals surface area contributed by atoms with Crippen molar-refractivity contribution < 1.29 is 14.4 Å². The zero-order valence-electron chi connectivity index (χ0n) is 13.9. The van der Waals surface area contributed by atoms with Crippen LogP contribution in [0.25, 0.3) is 0 Å². The molecule has 0 spiro atoms. The Morgan fingerprint density at radius 1 is 1.08 bits per heavy atom. The first kappa shape index (κ1) is 16.8. The lowest BCUT2D eigenvalue weighted by Crippen LogP contribution is -2.62. The summed E-state index contributed by atoms with van der Waals surface area (Å²) in [5.41, 5.74) is 1.08. The first-order chi connectivity index (χ1) is 11.7. The van der Waals surface area contributed by atoms with E-state index in [4.69, 9.17) is 0 Å². The molecule has 2 amide bonds. The fourth-order valence-electron chi connectivity index (χ4n) is 3.62. The molecule has 3 rings (SSSR count). The number of nitrogens with one attached hydrogen (secondary N) is 1. The summed E-state index contributed by atoms with van der Waals surface area (Å²) in [5.74, 6) is -0.692. The lowest BCUT2D eigenvalue weighted by atomic mass is 9.83. The molecule has 0 bridgehead atoms. The molecule has 1 aromatic carbocycles. The molecule has 5 nitrogen and oxygen atoms in total. The molecular weight excluding hydrogens is 304 g/mol. The minimum absolute atomic E-state index is 0.0306. The summed E-state index contributed by atoms with van der Waals surface area (Å²) >= 11 is 0. The number of amides is 2. The number of hydrogen-bond donors (Lipinski definition) is 1. The number of imide groups is 1. The van der Waals surface area contributed by atoms with Gasteiger partial charge in [0.1, 0.15) is 6.04 Å². The molecule has 24 heavy (non-hydrogen) atoms. The van der Waals surface area contributed by atoms with Crippen LogP contribution in [-0.2, 0) is 20.8 Å². The fourth-order valence-corrected chi connectivity index (χ4v) is 3.62. The maximum Gasteiger partial charge on any atom is 0.254 e. The first-order valence-corrected chi connectivity index (χ1v) is 8.82. The molecule has 5 heteroatoms. The molecule has 1 heterocycles. The second-order valence-electron chi connectivity index (χ2n) is 6.67. The molecular formula is C19H24N2O3. The molecule has 0 aromatic heterocycles. The molecule has 2 fully saturated rings. The summed E-state index contributed by atoms with van der Waals surface area (Å²) in [6.45, 7) is 0.390. The second-order valence-corrected chi connectivity index (χ2v) is 6.67. The Balaban J connectivity index is 1.64. The van der Waals surface area contributed by atoms with Crippen LogP contribution < -0.4 is 5.32 Å². The summed E-state index contributed by atoms with van der Waals surface area (Å²) in [7, 11) is 0. The van der Waals surface area contributed by atoms with Gasteiger partial charge in [0.25, 0.3) is 5.91 Å². The number of hydrogen-bond acceptors (Lipinski definition) is 4. The van der Waals surface area contributed by atoms with E-state index in [0.29, 0.717) is 13.0 Å². The van der Waals surface area contributed by atoms with Gasteiger partial charge in [0.05, 0.1) is 6.54 Å². The number of carbonyl (C=O) groups is 3. The van der Waals surface area contributed by atoms with Crippen LogP contribution >= 0.6 is 0 Å². The van der Waals surface area contributed by atoms with Gasteiger partial charge in [-0.1, -0.05) is 49.6 Å². The lowest BCUT2D eigenvalue weighted by molar-refractivity contribution is -0.151. The molecule has 1 saturated carbocycles. The normalized spacial score (nSPS) is 22.7. The van der Waals surface area contributed by atoms with Crippen molar-refractivity contribution in [1.29, 1.82) is 0 Å². The van der Waals surface area contributed by atoms with Crippen molar-refractivity contribution in [3.63, 3.8) is 0 Å². The summed E-state index contributed by atoms with van der Waals surface area (Å²) < 4.78 is 0.